The summed E-state index contributed by atoms with van der Waals surface area (Å²) in [4.78, 5) is 4.15. The second-order valence-electron chi connectivity index (χ2n) is 3.42. The molecule has 0 unspecified atom stereocenters. The van der Waals surface area contributed by atoms with Gasteiger partial charge in [-0.15, -0.1) is 0 Å². The average Bonchev–Trinajstić information content (AvgIpc) is 2.18. The smallest absolute Gasteiger partial charge is 0.131 e. The summed E-state index contributed by atoms with van der Waals surface area (Å²) >= 11 is 0. The molecule has 0 bridgehead atoms. The van der Waals surface area contributed by atoms with E-state index in [4.69, 9.17) is 5.73 Å². The van der Waals surface area contributed by atoms with Crippen LogP contribution in [0.3, 0.4) is 0 Å². The largest absolute Gasteiger partial charge is 0.384 e. The highest BCUT2D eigenvalue weighted by Gasteiger charge is 2.08. The van der Waals surface area contributed by atoms with E-state index in [2.05, 4.69) is 11.6 Å². The van der Waals surface area contributed by atoms with Gasteiger partial charge in [0, 0.05) is 10.9 Å². The average molecular weight is 202 g/mol. The van der Waals surface area contributed by atoms with Gasteiger partial charge in [-0.2, -0.15) is 0 Å². The molecule has 0 aliphatic rings. The third-order valence-corrected chi connectivity index (χ3v) is 2.38. The first-order valence-corrected chi connectivity index (χ1v) is 4.61. The predicted octanol–water partition coefficient (Wildman–Crippen LogP) is 2.91. The van der Waals surface area contributed by atoms with Crippen molar-refractivity contribution in [3.63, 3.8) is 0 Å². The van der Waals surface area contributed by atoms with Crippen LogP contribution in [-0.2, 0) is 0 Å². The number of nitrogen functional groups attached to an aromatic ring is 1. The van der Waals surface area contributed by atoms with E-state index >= 15 is 0 Å². The second kappa shape index (κ2) is 3.35. The van der Waals surface area contributed by atoms with Gasteiger partial charge in [-0.25, -0.2) is 9.37 Å². The van der Waals surface area contributed by atoms with Gasteiger partial charge >= 0.3 is 0 Å². The number of hydrogen-bond donors (Lipinski definition) is 1. The molecular formula is C12H11FN2. The Morgan fingerprint density at radius 3 is 2.87 bits per heavy atom. The Kier molecular flexibility index (Phi) is 2.15. The van der Waals surface area contributed by atoms with E-state index in [0.29, 0.717) is 16.9 Å². The maximum absolute atomic E-state index is 13.5. The molecule has 2 N–H and O–H groups in total. The SMILES string of the molecule is C=Cc1c(F)ccc2nc(N)cc(C)c12. The van der Waals surface area contributed by atoms with Crippen molar-refractivity contribution in [3.05, 3.63) is 41.7 Å². The Morgan fingerprint density at radius 2 is 2.20 bits per heavy atom. The van der Waals surface area contributed by atoms with E-state index in [0.717, 1.165) is 10.9 Å². The highest BCUT2D eigenvalue weighted by molar-refractivity contribution is 5.91. The lowest BCUT2D eigenvalue weighted by Crippen LogP contribution is -1.95. The van der Waals surface area contributed by atoms with Gasteiger partial charge < -0.3 is 5.73 Å². The van der Waals surface area contributed by atoms with Crippen LogP contribution in [0.5, 0.6) is 0 Å². The first-order chi connectivity index (χ1) is 7.13. The van der Waals surface area contributed by atoms with Crippen LogP contribution in [-0.4, -0.2) is 4.98 Å². The molecule has 1 heterocycles. The summed E-state index contributed by atoms with van der Waals surface area (Å²) in [5, 5.41) is 0.777. The highest BCUT2D eigenvalue weighted by Crippen LogP contribution is 2.25. The summed E-state index contributed by atoms with van der Waals surface area (Å²) in [6.07, 6.45) is 1.50. The molecule has 15 heavy (non-hydrogen) atoms. The fourth-order valence-electron chi connectivity index (χ4n) is 1.76. The minimum atomic E-state index is -0.285. The Morgan fingerprint density at radius 1 is 1.47 bits per heavy atom. The molecule has 76 valence electrons. The summed E-state index contributed by atoms with van der Waals surface area (Å²) in [5.74, 6) is 0.161. The number of fused-ring (bicyclic) bond motifs is 1. The van der Waals surface area contributed by atoms with Crippen molar-refractivity contribution in [1.29, 1.82) is 0 Å². The molecule has 0 saturated carbocycles. The molecular weight excluding hydrogens is 191 g/mol. The Hall–Kier alpha value is -1.90. The standard InChI is InChI=1S/C12H11FN2/c1-3-8-9(13)4-5-10-12(8)7(2)6-11(14)15-10/h3-6H,1H2,2H3,(H2,14,15). The minimum absolute atomic E-state index is 0.285. The van der Waals surface area contributed by atoms with Crippen LogP contribution in [0.15, 0.2) is 24.8 Å². The molecule has 0 radical (unpaired) electrons. The number of halogens is 1. The van der Waals surface area contributed by atoms with Gasteiger partial charge in [0.2, 0.25) is 0 Å². The van der Waals surface area contributed by atoms with Crippen molar-refractivity contribution in [3.8, 4) is 0 Å². The quantitative estimate of drug-likeness (QED) is 0.772. The normalized spacial score (nSPS) is 10.5. The second-order valence-corrected chi connectivity index (χ2v) is 3.42. The van der Waals surface area contributed by atoms with Crippen molar-refractivity contribution in [1.82, 2.24) is 4.98 Å². The number of anilines is 1. The monoisotopic (exact) mass is 202 g/mol. The van der Waals surface area contributed by atoms with E-state index in [1.807, 2.05) is 6.92 Å². The maximum Gasteiger partial charge on any atom is 0.131 e. The van der Waals surface area contributed by atoms with Crippen LogP contribution in [0.4, 0.5) is 10.2 Å². The number of rotatable bonds is 1. The van der Waals surface area contributed by atoms with Crippen molar-refractivity contribution in [2.45, 2.75) is 6.92 Å². The zero-order chi connectivity index (χ0) is 11.0. The predicted molar refractivity (Wildman–Crippen MR) is 60.9 cm³/mol. The van der Waals surface area contributed by atoms with Crippen molar-refractivity contribution in [2.24, 2.45) is 0 Å². The lowest BCUT2D eigenvalue weighted by Gasteiger charge is -2.07. The maximum atomic E-state index is 13.5. The van der Waals surface area contributed by atoms with E-state index < -0.39 is 0 Å². The van der Waals surface area contributed by atoms with Crippen molar-refractivity contribution < 1.29 is 4.39 Å². The topological polar surface area (TPSA) is 38.9 Å². The third-order valence-electron chi connectivity index (χ3n) is 2.38. The van der Waals surface area contributed by atoms with Crippen LogP contribution in [0.2, 0.25) is 0 Å². The van der Waals surface area contributed by atoms with Gasteiger partial charge in [-0.1, -0.05) is 12.7 Å². The summed E-state index contributed by atoms with van der Waals surface area (Å²) < 4.78 is 13.5. The zero-order valence-electron chi connectivity index (χ0n) is 8.42. The fraction of sp³-hybridized carbons (Fsp3) is 0.0833. The highest BCUT2D eigenvalue weighted by atomic mass is 19.1. The molecule has 0 amide bonds. The summed E-state index contributed by atoms with van der Waals surface area (Å²) in [7, 11) is 0. The number of pyridine rings is 1. The Bertz CT molecular complexity index is 547. The van der Waals surface area contributed by atoms with Crippen molar-refractivity contribution >= 4 is 22.8 Å². The number of aryl methyl sites for hydroxylation is 1. The van der Waals surface area contributed by atoms with E-state index in [9.17, 15) is 4.39 Å². The molecule has 3 heteroatoms. The molecule has 2 aromatic rings. The number of benzene rings is 1. The van der Waals surface area contributed by atoms with Crippen LogP contribution >= 0.6 is 0 Å². The van der Waals surface area contributed by atoms with E-state index in [1.165, 1.54) is 12.1 Å². The number of aromatic nitrogens is 1. The van der Waals surface area contributed by atoms with Crippen LogP contribution in [0.25, 0.3) is 17.0 Å². The Balaban J connectivity index is 2.97. The third kappa shape index (κ3) is 1.46. The minimum Gasteiger partial charge on any atom is -0.384 e. The molecule has 0 spiro atoms. The summed E-state index contributed by atoms with van der Waals surface area (Å²) in [6, 6.07) is 4.74. The zero-order valence-corrected chi connectivity index (χ0v) is 8.42. The van der Waals surface area contributed by atoms with E-state index in [-0.39, 0.29) is 5.82 Å². The number of hydrogen-bond acceptors (Lipinski definition) is 2. The molecule has 1 aromatic carbocycles. The lowest BCUT2D eigenvalue weighted by atomic mass is 10.0. The van der Waals surface area contributed by atoms with Gasteiger partial charge in [-0.05, 0) is 30.7 Å². The van der Waals surface area contributed by atoms with Gasteiger partial charge in [0.05, 0.1) is 5.52 Å². The number of nitrogens with two attached hydrogens (primary N) is 1. The van der Waals surface area contributed by atoms with Gasteiger partial charge in [0.1, 0.15) is 11.6 Å². The molecule has 1 aromatic heterocycles. The van der Waals surface area contributed by atoms with Crippen LogP contribution in [0.1, 0.15) is 11.1 Å². The molecule has 2 rings (SSSR count). The van der Waals surface area contributed by atoms with Crippen molar-refractivity contribution in [2.75, 3.05) is 5.73 Å². The fourth-order valence-corrected chi connectivity index (χ4v) is 1.76. The first-order valence-electron chi connectivity index (χ1n) is 4.61. The van der Waals surface area contributed by atoms with Crippen LogP contribution < -0.4 is 5.73 Å². The molecule has 0 atom stereocenters. The summed E-state index contributed by atoms with van der Waals surface area (Å²) in [6.45, 7) is 5.49. The lowest BCUT2D eigenvalue weighted by molar-refractivity contribution is 0.627. The van der Waals surface area contributed by atoms with Gasteiger partial charge in [0.25, 0.3) is 0 Å². The summed E-state index contributed by atoms with van der Waals surface area (Å²) in [5.41, 5.74) is 7.71. The molecule has 2 nitrogen and oxygen atoms in total. The van der Waals surface area contributed by atoms with E-state index in [1.54, 1.807) is 12.1 Å². The molecule has 0 aliphatic heterocycles. The first kappa shape index (κ1) is 9.65. The Labute approximate surface area is 87.2 Å². The number of nitrogens with zero attached hydrogens (tertiary/aromatic N) is 1. The van der Waals surface area contributed by atoms with Gasteiger partial charge in [0.15, 0.2) is 0 Å². The molecule has 0 fully saturated rings. The molecule has 0 aliphatic carbocycles. The van der Waals surface area contributed by atoms with Gasteiger partial charge in [-0.3, -0.25) is 0 Å². The molecule has 0 saturated heterocycles. The van der Waals surface area contributed by atoms with Crippen LogP contribution in [0, 0.1) is 12.7 Å².